The third-order valence-electron chi connectivity index (χ3n) is 5.89. The van der Waals surface area contributed by atoms with E-state index in [9.17, 15) is 9.59 Å². The summed E-state index contributed by atoms with van der Waals surface area (Å²) in [7, 11) is 0. The second kappa shape index (κ2) is 9.22. The zero-order valence-corrected chi connectivity index (χ0v) is 20.3. The van der Waals surface area contributed by atoms with E-state index in [1.54, 1.807) is 30.3 Å². The summed E-state index contributed by atoms with van der Waals surface area (Å²) < 4.78 is 0. The molecule has 3 aromatic carbocycles. The maximum absolute atomic E-state index is 13.2. The molecule has 0 aromatic heterocycles. The highest BCUT2D eigenvalue weighted by atomic mass is 35.5. The van der Waals surface area contributed by atoms with Crippen LogP contribution in [0.4, 0.5) is 11.4 Å². The van der Waals surface area contributed by atoms with Gasteiger partial charge in [-0.3, -0.25) is 19.8 Å². The summed E-state index contributed by atoms with van der Waals surface area (Å²) in [6.45, 7) is 1.59. The van der Waals surface area contributed by atoms with Crippen molar-refractivity contribution in [3.63, 3.8) is 0 Å². The summed E-state index contributed by atoms with van der Waals surface area (Å²) in [6.07, 6.45) is 2.48. The average molecular weight is 508 g/mol. The van der Waals surface area contributed by atoms with Gasteiger partial charge in [0.15, 0.2) is 5.11 Å². The number of halogens is 2. The van der Waals surface area contributed by atoms with E-state index in [1.165, 1.54) is 4.90 Å². The lowest BCUT2D eigenvalue weighted by Gasteiger charge is -2.29. The van der Waals surface area contributed by atoms with Gasteiger partial charge >= 0.3 is 0 Å². The van der Waals surface area contributed by atoms with Gasteiger partial charge in [0.05, 0.1) is 5.69 Å². The Morgan fingerprint density at radius 3 is 2.62 bits per heavy atom. The largest absolute Gasteiger partial charge is 0.367 e. The molecule has 2 heterocycles. The van der Waals surface area contributed by atoms with Gasteiger partial charge in [-0.05, 0) is 77.8 Å². The van der Waals surface area contributed by atoms with Gasteiger partial charge in [0.2, 0.25) is 0 Å². The third kappa shape index (κ3) is 4.32. The highest BCUT2D eigenvalue weighted by molar-refractivity contribution is 7.80. The molecule has 0 unspecified atom stereocenters. The highest BCUT2D eigenvalue weighted by Gasteiger charge is 2.34. The zero-order valence-electron chi connectivity index (χ0n) is 17.9. The fraction of sp³-hybridized carbons (Fsp3) is 0.115. The lowest BCUT2D eigenvalue weighted by atomic mass is 10.0. The molecule has 0 atom stereocenters. The number of nitrogens with one attached hydrogen (secondary N) is 1. The van der Waals surface area contributed by atoms with Gasteiger partial charge in [0.1, 0.15) is 5.57 Å². The molecule has 1 saturated heterocycles. The Labute approximate surface area is 212 Å². The van der Waals surface area contributed by atoms with Crippen molar-refractivity contribution >= 4 is 69.8 Å². The summed E-state index contributed by atoms with van der Waals surface area (Å²) in [5, 5.41) is 3.85. The Kier molecular flexibility index (Phi) is 6.13. The number of rotatable bonds is 4. The molecule has 2 aliphatic rings. The quantitative estimate of drug-likeness (QED) is 0.292. The summed E-state index contributed by atoms with van der Waals surface area (Å²) in [6, 6.07) is 20.6. The van der Waals surface area contributed by atoms with Crippen molar-refractivity contribution < 1.29 is 9.59 Å². The van der Waals surface area contributed by atoms with Gasteiger partial charge in [0, 0.05) is 28.8 Å². The molecule has 0 radical (unpaired) electrons. The predicted molar refractivity (Wildman–Crippen MR) is 140 cm³/mol. The normalized spacial score (nSPS) is 16.8. The van der Waals surface area contributed by atoms with E-state index in [4.69, 9.17) is 35.4 Å². The van der Waals surface area contributed by atoms with Crippen LogP contribution in [-0.2, 0) is 22.6 Å². The molecule has 0 spiro atoms. The zero-order chi connectivity index (χ0) is 23.8. The Bertz CT molecular complexity index is 1370. The third-order valence-corrected chi connectivity index (χ3v) is 6.78. The van der Waals surface area contributed by atoms with Crippen LogP contribution in [0.5, 0.6) is 0 Å². The average Bonchev–Trinajstić information content (AvgIpc) is 3.20. The first-order chi connectivity index (χ1) is 16.4. The van der Waals surface area contributed by atoms with Gasteiger partial charge in [-0.2, -0.15) is 0 Å². The lowest BCUT2D eigenvalue weighted by molar-refractivity contribution is -0.122. The minimum absolute atomic E-state index is 0.0134. The molecule has 2 aliphatic heterocycles. The van der Waals surface area contributed by atoms with Crippen molar-refractivity contribution in [2.75, 3.05) is 16.3 Å². The molecule has 3 aromatic rings. The Hall–Kier alpha value is -3.19. The fourth-order valence-electron chi connectivity index (χ4n) is 4.25. The summed E-state index contributed by atoms with van der Waals surface area (Å²) >= 11 is 17.7. The van der Waals surface area contributed by atoms with Crippen LogP contribution in [0.25, 0.3) is 6.08 Å². The van der Waals surface area contributed by atoms with Crippen molar-refractivity contribution in [1.82, 2.24) is 5.32 Å². The first kappa shape index (κ1) is 22.6. The first-order valence-electron chi connectivity index (χ1n) is 10.7. The van der Waals surface area contributed by atoms with Crippen LogP contribution in [0.2, 0.25) is 10.0 Å². The topological polar surface area (TPSA) is 52.7 Å². The smallest absolute Gasteiger partial charge is 0.270 e. The molecule has 170 valence electrons. The number of carbonyl (C=O) groups is 2. The van der Waals surface area contributed by atoms with Gasteiger partial charge < -0.3 is 4.90 Å². The van der Waals surface area contributed by atoms with Crippen molar-refractivity contribution in [1.29, 1.82) is 0 Å². The van der Waals surface area contributed by atoms with E-state index in [2.05, 4.69) is 10.2 Å². The second-order valence-corrected chi connectivity index (χ2v) is 9.32. The molecule has 34 heavy (non-hydrogen) atoms. The molecular weight excluding hydrogens is 489 g/mol. The number of amides is 2. The molecule has 5 rings (SSSR count). The highest BCUT2D eigenvalue weighted by Crippen LogP contribution is 2.32. The van der Waals surface area contributed by atoms with Crippen LogP contribution in [0.1, 0.15) is 16.7 Å². The number of benzene rings is 3. The van der Waals surface area contributed by atoms with Crippen LogP contribution in [0.3, 0.4) is 0 Å². The summed E-state index contributed by atoms with van der Waals surface area (Å²) in [4.78, 5) is 29.4. The van der Waals surface area contributed by atoms with Crippen LogP contribution < -0.4 is 15.1 Å². The van der Waals surface area contributed by atoms with Crippen LogP contribution in [0.15, 0.2) is 72.3 Å². The number of nitrogens with zero attached hydrogens (tertiary/aromatic N) is 2. The van der Waals surface area contributed by atoms with E-state index < -0.39 is 11.8 Å². The van der Waals surface area contributed by atoms with Crippen molar-refractivity contribution in [3.8, 4) is 0 Å². The fourth-order valence-corrected chi connectivity index (χ4v) is 4.91. The maximum atomic E-state index is 13.2. The number of hydrogen-bond donors (Lipinski definition) is 1. The number of thiocarbonyl (C=S) groups is 1. The predicted octanol–water partition coefficient (Wildman–Crippen LogP) is 5.39. The molecule has 1 fully saturated rings. The van der Waals surface area contributed by atoms with Gasteiger partial charge in [0.25, 0.3) is 11.8 Å². The Morgan fingerprint density at radius 2 is 1.82 bits per heavy atom. The van der Waals surface area contributed by atoms with E-state index >= 15 is 0 Å². The second-order valence-electron chi connectivity index (χ2n) is 8.09. The molecular formula is C26H19Cl2N3O2S. The Balaban J connectivity index is 1.42. The van der Waals surface area contributed by atoms with Gasteiger partial charge in [-0.1, -0.05) is 53.5 Å². The standard InChI is InChI=1S/C26H19Cl2N3O2S/c27-19-5-3-6-20(14-19)31-25(33)21(24(32)29-26(31)34)13-16-8-9-23-17(12-16)10-11-30(23)15-18-4-1-2-7-22(18)28/h1-9,12-14H,10-11,15H2,(H,29,32,34). The first-order valence-corrected chi connectivity index (χ1v) is 11.9. The van der Waals surface area contributed by atoms with Crippen LogP contribution in [-0.4, -0.2) is 23.5 Å². The van der Waals surface area contributed by atoms with E-state index in [-0.39, 0.29) is 10.7 Å². The molecule has 0 bridgehead atoms. The van der Waals surface area contributed by atoms with Crippen LogP contribution in [0, 0.1) is 0 Å². The minimum Gasteiger partial charge on any atom is -0.367 e. The molecule has 0 aliphatic carbocycles. The number of hydrogen-bond acceptors (Lipinski definition) is 4. The van der Waals surface area contributed by atoms with Gasteiger partial charge in [-0.15, -0.1) is 0 Å². The van der Waals surface area contributed by atoms with Crippen LogP contribution >= 0.6 is 35.4 Å². The van der Waals surface area contributed by atoms with Gasteiger partial charge in [-0.25, -0.2) is 0 Å². The number of carbonyl (C=O) groups excluding carboxylic acids is 2. The van der Waals surface area contributed by atoms with Crippen molar-refractivity contribution in [2.24, 2.45) is 0 Å². The molecule has 2 amide bonds. The van der Waals surface area contributed by atoms with E-state index in [0.29, 0.717) is 10.7 Å². The summed E-state index contributed by atoms with van der Waals surface area (Å²) in [5.74, 6) is -1.01. The molecule has 0 saturated carbocycles. The van der Waals surface area contributed by atoms with E-state index in [1.807, 2.05) is 42.5 Å². The molecule has 5 nitrogen and oxygen atoms in total. The molecule has 8 heteroatoms. The minimum atomic E-state index is -0.519. The lowest BCUT2D eigenvalue weighted by Crippen LogP contribution is -2.54. The molecule has 1 N–H and O–H groups in total. The number of fused-ring (bicyclic) bond motifs is 1. The summed E-state index contributed by atoms with van der Waals surface area (Å²) in [5.41, 5.74) is 4.65. The number of anilines is 2. The van der Waals surface area contributed by atoms with Crippen molar-refractivity contribution in [3.05, 3.63) is 99.0 Å². The SMILES string of the molecule is O=C1NC(=S)N(c2cccc(Cl)c2)C(=O)C1=Cc1ccc2c(c1)CCN2Cc1ccccc1Cl. The monoisotopic (exact) mass is 507 g/mol. The Morgan fingerprint density at radius 1 is 1.00 bits per heavy atom. The maximum Gasteiger partial charge on any atom is 0.270 e. The van der Waals surface area contributed by atoms with Crippen molar-refractivity contribution in [2.45, 2.75) is 13.0 Å². The van der Waals surface area contributed by atoms with E-state index in [0.717, 1.165) is 46.9 Å².